The molecule has 308 valence electrons. The monoisotopic (exact) mass is 793 g/mol. The van der Waals surface area contributed by atoms with Gasteiger partial charge in [0.05, 0.1) is 15.5 Å². The fourth-order valence-electron chi connectivity index (χ4n) is 10.7. The third-order valence-electron chi connectivity index (χ3n) is 14.9. The van der Waals surface area contributed by atoms with Gasteiger partial charge in [-0.25, -0.2) is 13.2 Å². The number of carbonyl (C=O) groups is 5. The van der Waals surface area contributed by atoms with E-state index in [4.69, 9.17) is 0 Å². The summed E-state index contributed by atoms with van der Waals surface area (Å²) in [4.78, 5) is 72.3. The molecule has 7 rings (SSSR count). The van der Waals surface area contributed by atoms with E-state index in [-0.39, 0.29) is 35.0 Å². The van der Waals surface area contributed by atoms with Gasteiger partial charge in [-0.2, -0.15) is 0 Å². The van der Waals surface area contributed by atoms with Crippen LogP contribution in [0, 0.1) is 35.0 Å². The van der Waals surface area contributed by atoms with E-state index in [2.05, 4.69) is 35.1 Å². The number of Topliss-reactive ketones (excluding diaryl/α,β-unsaturated/α-hetero) is 1. The molecule has 1 aliphatic heterocycles. The van der Waals surface area contributed by atoms with Gasteiger partial charge in [-0.1, -0.05) is 70.7 Å². The van der Waals surface area contributed by atoms with Gasteiger partial charge in [-0.15, -0.1) is 0 Å². The van der Waals surface area contributed by atoms with Crippen LogP contribution in [0.3, 0.4) is 0 Å². The van der Waals surface area contributed by atoms with Crippen molar-refractivity contribution in [3.05, 3.63) is 35.4 Å². The van der Waals surface area contributed by atoms with Crippen LogP contribution in [-0.2, 0) is 41.9 Å². The molecule has 1 heterocycles. The first-order valence-corrected chi connectivity index (χ1v) is 22.7. The summed E-state index contributed by atoms with van der Waals surface area (Å²) in [5, 5.41) is 11.2. The quantitative estimate of drug-likeness (QED) is 0.217. The maximum absolute atomic E-state index is 15.1. The summed E-state index contributed by atoms with van der Waals surface area (Å²) >= 11 is 0. The third kappa shape index (κ3) is 7.16. The van der Waals surface area contributed by atoms with Crippen molar-refractivity contribution in [2.75, 3.05) is 13.1 Å². The van der Waals surface area contributed by atoms with Gasteiger partial charge in [0.1, 0.15) is 17.6 Å². The zero-order chi connectivity index (χ0) is 40.6. The second-order valence-electron chi connectivity index (χ2n) is 19.7. The summed E-state index contributed by atoms with van der Waals surface area (Å²) in [5.74, 6) is -2.26. The molecule has 0 radical (unpaired) electrons. The predicted octanol–water partition coefficient (Wildman–Crippen LogP) is 4.24. The number of rotatable bonds is 13. The highest BCUT2D eigenvalue weighted by molar-refractivity contribution is 7.93. The number of benzene rings is 1. The first-order chi connectivity index (χ1) is 26.3. The number of hydrogen-bond acceptors (Lipinski definition) is 7. The largest absolute Gasteiger partial charge is 0.349 e. The molecule has 1 aromatic carbocycles. The molecule has 12 nitrogen and oxygen atoms in total. The number of piperidine rings is 1. The molecule has 0 spiro atoms. The van der Waals surface area contributed by atoms with E-state index >= 15 is 4.79 Å². The highest BCUT2D eigenvalue weighted by Crippen LogP contribution is 2.65. The zero-order valence-electron chi connectivity index (χ0n) is 34.3. The molecule has 1 aromatic rings. The van der Waals surface area contributed by atoms with E-state index < -0.39 is 66.6 Å². The minimum atomic E-state index is -3.66. The lowest BCUT2D eigenvalue weighted by molar-refractivity contribution is -0.145. The van der Waals surface area contributed by atoms with E-state index in [0.29, 0.717) is 57.5 Å². The molecular weight excluding hydrogens is 731 g/mol. The first-order valence-electron chi connectivity index (χ1n) is 21.1. The zero-order valence-corrected chi connectivity index (χ0v) is 35.2. The molecule has 1 unspecified atom stereocenters. The fourth-order valence-corrected chi connectivity index (χ4v) is 12.6. The number of carbonyl (C=O) groups excluding carboxylic acids is 5. The number of ketones is 1. The van der Waals surface area contributed by atoms with Crippen LogP contribution in [0.25, 0.3) is 0 Å². The minimum absolute atomic E-state index is 0.0566. The molecule has 5 aliphatic carbocycles. The van der Waals surface area contributed by atoms with Gasteiger partial charge in [-0.3, -0.25) is 19.2 Å². The Labute approximate surface area is 332 Å². The van der Waals surface area contributed by atoms with Crippen molar-refractivity contribution >= 4 is 39.4 Å². The van der Waals surface area contributed by atoms with Crippen molar-refractivity contribution in [3.8, 4) is 0 Å². The fraction of sp³-hybridized carbons (Fsp3) is 0.744. The summed E-state index contributed by atoms with van der Waals surface area (Å²) < 4.78 is 26.6. The second-order valence-corrected chi connectivity index (χ2v) is 22.7. The number of likely N-dealkylation sites (tertiary alicyclic amines) is 1. The number of urea groups is 1. The molecular formula is C43H63N5O7S. The Hall–Kier alpha value is -3.48. The van der Waals surface area contributed by atoms with Gasteiger partial charge in [0, 0.05) is 13.1 Å². The molecule has 4 saturated carbocycles. The summed E-state index contributed by atoms with van der Waals surface area (Å²) in [7, 11) is -3.66. The van der Waals surface area contributed by atoms with Crippen LogP contribution >= 0.6 is 0 Å². The third-order valence-corrected chi connectivity index (χ3v) is 18.0. The molecule has 7 atom stereocenters. The van der Waals surface area contributed by atoms with Gasteiger partial charge in [0.15, 0.2) is 9.84 Å². The number of hydrogen-bond donors (Lipinski definition) is 4. The Bertz CT molecular complexity index is 1850. The number of sulfone groups is 1. The van der Waals surface area contributed by atoms with Crippen LogP contribution in [0.1, 0.15) is 117 Å². The van der Waals surface area contributed by atoms with E-state index in [1.165, 1.54) is 0 Å². The average molecular weight is 794 g/mol. The molecule has 6 aliphatic rings. The van der Waals surface area contributed by atoms with Gasteiger partial charge in [0.2, 0.25) is 17.6 Å². The Kier molecular flexibility index (Phi) is 10.5. The van der Waals surface area contributed by atoms with Gasteiger partial charge in [-0.05, 0) is 119 Å². The molecule has 1 saturated heterocycles. The van der Waals surface area contributed by atoms with E-state index in [9.17, 15) is 27.6 Å². The van der Waals surface area contributed by atoms with Crippen LogP contribution in [0.2, 0.25) is 0 Å². The maximum Gasteiger partial charge on any atom is 0.315 e. The first kappa shape index (κ1) is 40.7. The Morgan fingerprint density at radius 3 is 2.12 bits per heavy atom. The topological polar surface area (TPSA) is 171 Å². The van der Waals surface area contributed by atoms with Gasteiger partial charge >= 0.3 is 6.03 Å². The Balaban J connectivity index is 1.15. The lowest BCUT2D eigenvalue weighted by atomic mass is 9.79. The SMILES string of the molecule is CC[C@@H]1CC1(NC(=O)[C@@H]1[C@@H]2[C@H](CN1C(=O)[C@@H](NC(=O)NC1([C@@H](C)S(=O)(=O)C(C)(C)C)CCCCC1)C1Cc3ccccc3C1)C2(C)C)C(=O)C(=O)NCC1CC1. The van der Waals surface area contributed by atoms with Crippen LogP contribution in [0.5, 0.6) is 0 Å². The van der Waals surface area contributed by atoms with Crippen molar-refractivity contribution < 1.29 is 32.4 Å². The maximum atomic E-state index is 15.1. The number of fused-ring (bicyclic) bond motifs is 2. The van der Waals surface area contributed by atoms with Crippen LogP contribution in [-0.4, -0.2) is 89.1 Å². The van der Waals surface area contributed by atoms with E-state index in [1.807, 2.05) is 31.2 Å². The number of amides is 5. The Morgan fingerprint density at radius 1 is 0.946 bits per heavy atom. The molecule has 5 fully saturated rings. The second kappa shape index (κ2) is 14.4. The lowest BCUT2D eigenvalue weighted by Gasteiger charge is -2.44. The summed E-state index contributed by atoms with van der Waals surface area (Å²) in [5.41, 5.74) is -0.309. The van der Waals surface area contributed by atoms with E-state index in [0.717, 1.165) is 43.2 Å². The van der Waals surface area contributed by atoms with Gasteiger partial charge in [0.25, 0.3) is 5.91 Å². The molecule has 0 aromatic heterocycles. The summed E-state index contributed by atoms with van der Waals surface area (Å²) in [6, 6.07) is 5.53. The van der Waals surface area contributed by atoms with Crippen LogP contribution in [0.15, 0.2) is 24.3 Å². The minimum Gasteiger partial charge on any atom is -0.349 e. The van der Waals surface area contributed by atoms with Crippen molar-refractivity contribution in [2.24, 2.45) is 35.0 Å². The molecule has 56 heavy (non-hydrogen) atoms. The molecule has 13 heteroatoms. The van der Waals surface area contributed by atoms with Crippen LogP contribution < -0.4 is 21.3 Å². The van der Waals surface area contributed by atoms with Crippen molar-refractivity contribution in [1.29, 1.82) is 0 Å². The summed E-state index contributed by atoms with van der Waals surface area (Å²) in [6.07, 6.45) is 7.68. The van der Waals surface area contributed by atoms with Crippen molar-refractivity contribution in [3.63, 3.8) is 0 Å². The molecule has 0 bridgehead atoms. The summed E-state index contributed by atoms with van der Waals surface area (Å²) in [6.45, 7) is 13.7. The molecule has 5 amide bonds. The van der Waals surface area contributed by atoms with E-state index in [1.54, 1.807) is 32.6 Å². The van der Waals surface area contributed by atoms with Crippen molar-refractivity contribution in [1.82, 2.24) is 26.2 Å². The van der Waals surface area contributed by atoms with Gasteiger partial charge < -0.3 is 26.2 Å². The normalized spacial score (nSPS) is 29.9. The standard InChI is InChI=1S/C43H63N5O7S/c1-8-30-22-43(30,35(49)37(51)44-23-26-16-17-26)46-36(50)34-32-31(41(32,6)7)24-48(34)38(52)33(29-20-27-14-10-11-15-28(27)21-29)45-39(53)47-42(18-12-9-13-19-42)25(2)56(54,55)40(3,4)5/h10-11,14-15,25-26,29-34H,8-9,12-13,16-24H2,1-7H3,(H,44,51)(H,46,50)(H2,45,47,53)/t25-,30-,31+,32+,33+,34+,43?/m1/s1. The smallest absolute Gasteiger partial charge is 0.315 e. The lowest BCUT2D eigenvalue weighted by Crippen LogP contribution is -2.65. The highest BCUT2D eigenvalue weighted by Gasteiger charge is 2.71. The predicted molar refractivity (Wildman–Crippen MR) is 213 cm³/mol. The Morgan fingerprint density at radius 2 is 1.57 bits per heavy atom. The van der Waals surface area contributed by atoms with Crippen molar-refractivity contribution in [2.45, 2.75) is 152 Å². The number of nitrogens with one attached hydrogen (secondary N) is 4. The molecule has 4 N–H and O–H groups in total. The number of nitrogens with zero attached hydrogens (tertiary/aromatic N) is 1. The average Bonchev–Trinajstić information content (AvgIpc) is 4.09. The van der Waals surface area contributed by atoms with Crippen LogP contribution in [0.4, 0.5) is 4.79 Å². The highest BCUT2D eigenvalue weighted by atomic mass is 32.2.